The number of hydrogen-bond donors (Lipinski definition) is 1. The van der Waals surface area contributed by atoms with Gasteiger partial charge in [-0.15, -0.1) is 0 Å². The Labute approximate surface area is 122 Å². The minimum absolute atomic E-state index is 0.296. The van der Waals surface area contributed by atoms with Gasteiger partial charge in [0, 0.05) is 31.1 Å². The Balaban J connectivity index is 1.97. The van der Waals surface area contributed by atoms with E-state index < -0.39 is 11.6 Å². The molecule has 0 saturated carbocycles. The van der Waals surface area contributed by atoms with E-state index in [9.17, 15) is 8.78 Å². The molecule has 1 aliphatic rings. The van der Waals surface area contributed by atoms with Crippen LogP contribution >= 0.6 is 0 Å². The van der Waals surface area contributed by atoms with Crippen LogP contribution in [-0.2, 0) is 19.5 Å². The number of halogens is 2. The van der Waals surface area contributed by atoms with E-state index >= 15 is 0 Å². The second kappa shape index (κ2) is 5.48. The number of fused-ring (bicyclic) bond motifs is 1. The summed E-state index contributed by atoms with van der Waals surface area (Å²) in [4.78, 5) is 9.13. The van der Waals surface area contributed by atoms with E-state index in [1.54, 1.807) is 0 Å². The third-order valence-electron chi connectivity index (χ3n) is 3.60. The monoisotopic (exact) mass is 289 g/mol. The predicted molar refractivity (Wildman–Crippen MR) is 75.8 cm³/mol. The van der Waals surface area contributed by atoms with E-state index in [-0.39, 0.29) is 0 Å². The summed E-state index contributed by atoms with van der Waals surface area (Å²) < 4.78 is 26.5. The number of nitrogens with zero attached hydrogens (tertiary/aromatic N) is 2. The van der Waals surface area contributed by atoms with E-state index in [0.717, 1.165) is 30.5 Å². The lowest BCUT2D eigenvalue weighted by molar-refractivity contribution is 0.580. The first kappa shape index (κ1) is 14.1. The van der Waals surface area contributed by atoms with Crippen molar-refractivity contribution in [1.29, 1.82) is 0 Å². The van der Waals surface area contributed by atoms with Gasteiger partial charge in [0.15, 0.2) is 0 Å². The first-order chi connectivity index (χ1) is 10.0. The van der Waals surface area contributed by atoms with Gasteiger partial charge in [-0.25, -0.2) is 18.7 Å². The lowest BCUT2D eigenvalue weighted by Gasteiger charge is -2.12. The Morgan fingerprint density at radius 3 is 2.48 bits per heavy atom. The molecule has 21 heavy (non-hydrogen) atoms. The summed E-state index contributed by atoms with van der Waals surface area (Å²) in [6.45, 7) is 5.69. The van der Waals surface area contributed by atoms with Crippen molar-refractivity contribution >= 4 is 0 Å². The molecule has 0 bridgehead atoms. The van der Waals surface area contributed by atoms with Crippen molar-refractivity contribution in [2.75, 3.05) is 0 Å². The summed E-state index contributed by atoms with van der Waals surface area (Å²) >= 11 is 0. The minimum Gasteiger partial charge on any atom is -0.307 e. The molecule has 1 aliphatic heterocycles. The highest BCUT2D eigenvalue weighted by Crippen LogP contribution is 2.24. The highest BCUT2D eigenvalue weighted by molar-refractivity contribution is 5.32. The molecule has 3 nitrogen and oxygen atoms in total. The molecule has 3 rings (SSSR count). The number of rotatable bonds is 3. The zero-order chi connectivity index (χ0) is 15.0. The lowest BCUT2D eigenvalue weighted by Crippen LogP contribution is -2.08. The van der Waals surface area contributed by atoms with Crippen molar-refractivity contribution in [3.05, 3.63) is 58.2 Å². The van der Waals surface area contributed by atoms with Gasteiger partial charge in [-0.3, -0.25) is 0 Å². The molecule has 0 aliphatic carbocycles. The fraction of sp³-hybridized carbons (Fsp3) is 0.375. The maximum Gasteiger partial charge on any atom is 0.133 e. The molecule has 2 aromatic rings. The average molecular weight is 289 g/mol. The molecule has 0 atom stereocenters. The quantitative estimate of drug-likeness (QED) is 0.943. The number of benzene rings is 1. The van der Waals surface area contributed by atoms with Gasteiger partial charge in [0.1, 0.15) is 17.5 Å². The highest BCUT2D eigenvalue weighted by atomic mass is 19.1. The molecule has 0 unspecified atom stereocenters. The Bertz CT molecular complexity index is 663. The van der Waals surface area contributed by atoms with E-state index in [4.69, 9.17) is 0 Å². The number of aromatic nitrogens is 2. The van der Waals surface area contributed by atoms with Gasteiger partial charge in [0.05, 0.1) is 11.4 Å². The van der Waals surface area contributed by atoms with Crippen LogP contribution in [0.3, 0.4) is 0 Å². The van der Waals surface area contributed by atoms with Crippen LogP contribution in [0.5, 0.6) is 0 Å². The largest absolute Gasteiger partial charge is 0.307 e. The second-order valence-electron chi connectivity index (χ2n) is 5.66. The fourth-order valence-electron chi connectivity index (χ4n) is 2.70. The first-order valence-corrected chi connectivity index (χ1v) is 7.07. The Morgan fingerprint density at radius 2 is 1.81 bits per heavy atom. The van der Waals surface area contributed by atoms with Crippen LogP contribution in [0.4, 0.5) is 8.78 Å². The van der Waals surface area contributed by atoms with Crippen LogP contribution in [-0.4, -0.2) is 9.97 Å². The van der Waals surface area contributed by atoms with Gasteiger partial charge < -0.3 is 5.32 Å². The number of nitrogens with one attached hydrogen (secondary N) is 1. The standard InChI is InChI=1S/C16H17F2N3/c1-9(2)16-13-7-19-8-14(13)20-15(21-16)5-10-3-11(17)6-12(18)4-10/h3-4,6,9,19H,5,7-8H2,1-2H3. The molecule has 110 valence electrons. The Morgan fingerprint density at radius 1 is 1.10 bits per heavy atom. The first-order valence-electron chi connectivity index (χ1n) is 7.07. The Kier molecular flexibility index (Phi) is 3.68. The van der Waals surface area contributed by atoms with Gasteiger partial charge in [-0.05, 0) is 23.6 Å². The molecule has 0 amide bonds. The van der Waals surface area contributed by atoms with Crippen molar-refractivity contribution in [3.8, 4) is 0 Å². The van der Waals surface area contributed by atoms with Gasteiger partial charge in [0.2, 0.25) is 0 Å². The Hall–Kier alpha value is -1.88. The summed E-state index contributed by atoms with van der Waals surface area (Å²) in [6, 6.07) is 3.52. The third-order valence-corrected chi connectivity index (χ3v) is 3.60. The number of hydrogen-bond acceptors (Lipinski definition) is 3. The third kappa shape index (κ3) is 2.93. The van der Waals surface area contributed by atoms with Crippen molar-refractivity contribution in [1.82, 2.24) is 15.3 Å². The maximum absolute atomic E-state index is 13.3. The van der Waals surface area contributed by atoms with E-state index in [2.05, 4.69) is 29.1 Å². The van der Waals surface area contributed by atoms with Crippen LogP contribution in [0.25, 0.3) is 0 Å². The van der Waals surface area contributed by atoms with E-state index in [1.807, 2.05) is 0 Å². The van der Waals surface area contributed by atoms with Gasteiger partial charge in [-0.1, -0.05) is 13.8 Å². The smallest absolute Gasteiger partial charge is 0.133 e. The molecule has 0 radical (unpaired) electrons. The molecule has 5 heteroatoms. The van der Waals surface area contributed by atoms with Gasteiger partial charge in [-0.2, -0.15) is 0 Å². The maximum atomic E-state index is 13.3. The lowest BCUT2D eigenvalue weighted by atomic mass is 10.0. The summed E-state index contributed by atoms with van der Waals surface area (Å²) in [5.74, 6) is -0.232. The molecule has 0 spiro atoms. The molecule has 0 saturated heterocycles. The normalized spacial score (nSPS) is 13.8. The topological polar surface area (TPSA) is 37.8 Å². The highest BCUT2D eigenvalue weighted by Gasteiger charge is 2.20. The van der Waals surface area contributed by atoms with Gasteiger partial charge in [0.25, 0.3) is 0 Å². The van der Waals surface area contributed by atoms with Crippen LogP contribution in [0.2, 0.25) is 0 Å². The molecule has 1 aromatic heterocycles. The van der Waals surface area contributed by atoms with E-state index in [1.165, 1.54) is 17.7 Å². The van der Waals surface area contributed by atoms with Gasteiger partial charge >= 0.3 is 0 Å². The summed E-state index contributed by atoms with van der Waals surface area (Å²) in [7, 11) is 0. The molecule has 0 fully saturated rings. The van der Waals surface area contributed by atoms with Crippen LogP contribution in [0.15, 0.2) is 18.2 Å². The van der Waals surface area contributed by atoms with Crippen LogP contribution in [0, 0.1) is 11.6 Å². The van der Waals surface area contributed by atoms with Crippen LogP contribution < -0.4 is 5.32 Å². The zero-order valence-corrected chi connectivity index (χ0v) is 12.1. The van der Waals surface area contributed by atoms with E-state index in [0.29, 0.717) is 23.7 Å². The zero-order valence-electron chi connectivity index (χ0n) is 12.1. The molecule has 1 N–H and O–H groups in total. The van der Waals surface area contributed by atoms with Crippen molar-refractivity contribution in [2.45, 2.75) is 39.3 Å². The van der Waals surface area contributed by atoms with Crippen LogP contribution in [0.1, 0.15) is 48.1 Å². The molecule has 2 heterocycles. The second-order valence-corrected chi connectivity index (χ2v) is 5.66. The van der Waals surface area contributed by atoms with Crippen molar-refractivity contribution < 1.29 is 8.78 Å². The summed E-state index contributed by atoms with van der Waals surface area (Å²) in [6.07, 6.45) is 0.335. The predicted octanol–water partition coefficient (Wildman–Crippen LogP) is 3.07. The summed E-state index contributed by atoms with van der Waals surface area (Å²) in [5, 5.41) is 3.27. The molecular weight excluding hydrogens is 272 g/mol. The van der Waals surface area contributed by atoms with Crippen molar-refractivity contribution in [2.24, 2.45) is 0 Å². The van der Waals surface area contributed by atoms with Crippen molar-refractivity contribution in [3.63, 3.8) is 0 Å². The molecular formula is C16H17F2N3. The molecule has 1 aromatic carbocycles. The summed E-state index contributed by atoms with van der Waals surface area (Å²) in [5.41, 5.74) is 3.74. The SMILES string of the molecule is CC(C)c1nc(Cc2cc(F)cc(F)c2)nc2c1CNC2. The average Bonchev–Trinajstić information content (AvgIpc) is 2.84. The fourth-order valence-corrected chi connectivity index (χ4v) is 2.70. The minimum atomic E-state index is -0.572.